The number of hydrogen-bond acceptors (Lipinski definition) is 4. The van der Waals surface area contributed by atoms with E-state index in [2.05, 4.69) is 25.8 Å². The summed E-state index contributed by atoms with van der Waals surface area (Å²) in [7, 11) is 1.72. The topological polar surface area (TPSA) is 51.4 Å². The molecule has 0 unspecified atom stereocenters. The highest BCUT2D eigenvalue weighted by Gasteiger charge is 2.31. The van der Waals surface area contributed by atoms with Crippen molar-refractivity contribution in [1.29, 1.82) is 0 Å². The normalized spacial score (nSPS) is 15.0. The SMILES string of the molecule is COCCN(c1ncc(N)c(C)c1Br)C1CC1. The zero-order valence-electron chi connectivity index (χ0n) is 10.2. The summed E-state index contributed by atoms with van der Waals surface area (Å²) in [5, 5.41) is 0. The highest BCUT2D eigenvalue weighted by molar-refractivity contribution is 9.10. The summed E-state index contributed by atoms with van der Waals surface area (Å²) < 4.78 is 6.16. The third kappa shape index (κ3) is 2.72. The van der Waals surface area contributed by atoms with Gasteiger partial charge in [0.1, 0.15) is 5.82 Å². The van der Waals surface area contributed by atoms with Crippen molar-refractivity contribution in [2.24, 2.45) is 0 Å². The number of hydrogen-bond donors (Lipinski definition) is 1. The Morgan fingerprint density at radius 2 is 2.29 bits per heavy atom. The van der Waals surface area contributed by atoms with Crippen LogP contribution in [0.15, 0.2) is 10.7 Å². The molecule has 1 heterocycles. The average molecular weight is 300 g/mol. The fourth-order valence-electron chi connectivity index (χ4n) is 1.82. The molecule has 2 rings (SSSR count). The zero-order valence-corrected chi connectivity index (χ0v) is 11.8. The van der Waals surface area contributed by atoms with Gasteiger partial charge in [-0.1, -0.05) is 0 Å². The lowest BCUT2D eigenvalue weighted by Crippen LogP contribution is -2.30. The molecule has 0 amide bonds. The number of pyridine rings is 1. The molecule has 0 atom stereocenters. The Balaban J connectivity index is 2.26. The predicted octanol–water partition coefficient (Wildman–Crippen LogP) is 2.35. The number of methoxy groups -OCH3 is 1. The van der Waals surface area contributed by atoms with Gasteiger partial charge in [0.25, 0.3) is 0 Å². The van der Waals surface area contributed by atoms with E-state index in [9.17, 15) is 0 Å². The second-order valence-electron chi connectivity index (χ2n) is 4.39. The number of nitrogen functional groups attached to an aromatic ring is 1. The Morgan fingerprint density at radius 1 is 1.59 bits per heavy atom. The lowest BCUT2D eigenvalue weighted by atomic mass is 10.2. The fraction of sp³-hybridized carbons (Fsp3) is 0.583. The van der Waals surface area contributed by atoms with Gasteiger partial charge in [0.05, 0.1) is 23.0 Å². The maximum atomic E-state index is 5.85. The van der Waals surface area contributed by atoms with Gasteiger partial charge in [0.15, 0.2) is 0 Å². The third-order valence-electron chi connectivity index (χ3n) is 3.08. The van der Waals surface area contributed by atoms with Crippen LogP contribution in [-0.4, -0.2) is 31.3 Å². The van der Waals surface area contributed by atoms with Crippen LogP contribution in [0, 0.1) is 6.92 Å². The van der Waals surface area contributed by atoms with Crippen molar-refractivity contribution in [2.75, 3.05) is 30.9 Å². The van der Waals surface area contributed by atoms with Crippen LogP contribution in [0.5, 0.6) is 0 Å². The number of ether oxygens (including phenoxy) is 1. The molecule has 17 heavy (non-hydrogen) atoms. The van der Waals surface area contributed by atoms with Crippen LogP contribution in [0.2, 0.25) is 0 Å². The number of halogens is 1. The Morgan fingerprint density at radius 3 is 2.88 bits per heavy atom. The van der Waals surface area contributed by atoms with Gasteiger partial charge in [-0.25, -0.2) is 4.98 Å². The number of rotatable bonds is 5. The smallest absolute Gasteiger partial charge is 0.143 e. The molecule has 0 aliphatic heterocycles. The number of anilines is 2. The lowest BCUT2D eigenvalue weighted by Gasteiger charge is -2.25. The second kappa shape index (κ2) is 5.23. The van der Waals surface area contributed by atoms with Crippen LogP contribution >= 0.6 is 15.9 Å². The first-order chi connectivity index (χ1) is 8.15. The molecule has 1 aromatic heterocycles. The highest BCUT2D eigenvalue weighted by atomic mass is 79.9. The number of nitrogens with two attached hydrogens (primary N) is 1. The van der Waals surface area contributed by atoms with Crippen LogP contribution in [0.25, 0.3) is 0 Å². The van der Waals surface area contributed by atoms with Crippen LogP contribution < -0.4 is 10.6 Å². The van der Waals surface area contributed by atoms with Crippen LogP contribution in [0.1, 0.15) is 18.4 Å². The van der Waals surface area contributed by atoms with Gasteiger partial charge in [0, 0.05) is 19.7 Å². The van der Waals surface area contributed by atoms with Crippen molar-refractivity contribution < 1.29 is 4.74 Å². The zero-order chi connectivity index (χ0) is 12.4. The van der Waals surface area contributed by atoms with Gasteiger partial charge in [0.2, 0.25) is 0 Å². The quantitative estimate of drug-likeness (QED) is 0.907. The fourth-order valence-corrected chi connectivity index (χ4v) is 2.38. The molecule has 0 bridgehead atoms. The van der Waals surface area contributed by atoms with Gasteiger partial charge in [-0.2, -0.15) is 0 Å². The molecule has 1 saturated carbocycles. The second-order valence-corrected chi connectivity index (χ2v) is 5.19. The van der Waals surface area contributed by atoms with E-state index in [0.29, 0.717) is 12.6 Å². The maximum absolute atomic E-state index is 5.85. The van der Waals surface area contributed by atoms with E-state index < -0.39 is 0 Å². The largest absolute Gasteiger partial charge is 0.397 e. The summed E-state index contributed by atoms with van der Waals surface area (Å²) >= 11 is 3.59. The van der Waals surface area contributed by atoms with Crippen molar-refractivity contribution in [2.45, 2.75) is 25.8 Å². The summed E-state index contributed by atoms with van der Waals surface area (Å²) in [5.74, 6) is 0.983. The summed E-state index contributed by atoms with van der Waals surface area (Å²) in [6, 6.07) is 0.608. The summed E-state index contributed by atoms with van der Waals surface area (Å²) in [6.07, 6.45) is 4.21. The molecule has 0 spiro atoms. The maximum Gasteiger partial charge on any atom is 0.143 e. The minimum Gasteiger partial charge on any atom is -0.397 e. The van der Waals surface area contributed by atoms with Gasteiger partial charge in [-0.15, -0.1) is 0 Å². The molecule has 1 aromatic rings. The first kappa shape index (κ1) is 12.6. The Kier molecular flexibility index (Phi) is 3.89. The molecule has 5 heteroatoms. The van der Waals surface area contributed by atoms with Gasteiger partial charge in [-0.3, -0.25) is 0 Å². The molecule has 0 aromatic carbocycles. The Hall–Kier alpha value is -0.810. The van der Waals surface area contributed by atoms with Crippen molar-refractivity contribution in [3.05, 3.63) is 16.2 Å². The van der Waals surface area contributed by atoms with E-state index in [-0.39, 0.29) is 0 Å². The minimum atomic E-state index is 0.608. The molecule has 94 valence electrons. The first-order valence-corrected chi connectivity index (χ1v) is 6.60. The summed E-state index contributed by atoms with van der Waals surface area (Å²) in [6.45, 7) is 3.59. The van der Waals surface area contributed by atoms with Crippen molar-refractivity contribution in [1.82, 2.24) is 4.98 Å². The Labute approximate surface area is 110 Å². The molecule has 2 N–H and O–H groups in total. The first-order valence-electron chi connectivity index (χ1n) is 5.81. The van der Waals surface area contributed by atoms with E-state index in [1.54, 1.807) is 13.3 Å². The molecule has 1 aliphatic carbocycles. The monoisotopic (exact) mass is 299 g/mol. The molecular formula is C12H18BrN3O. The van der Waals surface area contributed by atoms with Crippen LogP contribution in [0.3, 0.4) is 0 Å². The average Bonchev–Trinajstić information content (AvgIpc) is 3.13. The molecular weight excluding hydrogens is 282 g/mol. The lowest BCUT2D eigenvalue weighted by molar-refractivity contribution is 0.204. The van der Waals surface area contributed by atoms with E-state index >= 15 is 0 Å². The predicted molar refractivity (Wildman–Crippen MR) is 73.3 cm³/mol. The molecule has 1 aliphatic rings. The van der Waals surface area contributed by atoms with Crippen molar-refractivity contribution in [3.63, 3.8) is 0 Å². The summed E-state index contributed by atoms with van der Waals surface area (Å²) in [5.41, 5.74) is 7.62. The minimum absolute atomic E-state index is 0.608. The van der Waals surface area contributed by atoms with E-state index in [1.807, 2.05) is 6.92 Å². The summed E-state index contributed by atoms with van der Waals surface area (Å²) in [4.78, 5) is 6.76. The molecule has 1 fully saturated rings. The van der Waals surface area contributed by atoms with Gasteiger partial charge < -0.3 is 15.4 Å². The molecule has 4 nitrogen and oxygen atoms in total. The van der Waals surface area contributed by atoms with E-state index in [1.165, 1.54) is 12.8 Å². The molecule has 0 radical (unpaired) electrons. The van der Waals surface area contributed by atoms with Gasteiger partial charge >= 0.3 is 0 Å². The van der Waals surface area contributed by atoms with E-state index in [4.69, 9.17) is 10.5 Å². The van der Waals surface area contributed by atoms with Crippen LogP contribution in [-0.2, 0) is 4.74 Å². The van der Waals surface area contributed by atoms with Crippen molar-refractivity contribution in [3.8, 4) is 0 Å². The number of aromatic nitrogens is 1. The van der Waals surface area contributed by atoms with Crippen LogP contribution in [0.4, 0.5) is 11.5 Å². The third-order valence-corrected chi connectivity index (χ3v) is 4.03. The standard InChI is InChI=1S/C12H18BrN3O/c1-8-10(14)7-15-12(11(8)13)16(5-6-17-2)9-3-4-9/h7,9H,3-6,14H2,1-2H3. The molecule has 0 saturated heterocycles. The van der Waals surface area contributed by atoms with Gasteiger partial charge in [-0.05, 0) is 41.3 Å². The highest BCUT2D eigenvalue weighted by Crippen LogP contribution is 2.36. The van der Waals surface area contributed by atoms with Crippen molar-refractivity contribution >= 4 is 27.4 Å². The number of nitrogens with zero attached hydrogens (tertiary/aromatic N) is 2. The Bertz CT molecular complexity index is 407. The van der Waals surface area contributed by atoms with E-state index in [0.717, 1.165) is 28.1 Å².